The van der Waals surface area contributed by atoms with Crippen LogP contribution in [-0.4, -0.2) is 50.3 Å². The minimum absolute atomic E-state index is 0.00822. The van der Waals surface area contributed by atoms with Crippen molar-refractivity contribution in [2.45, 2.75) is 13.0 Å². The fourth-order valence-corrected chi connectivity index (χ4v) is 1.97. The van der Waals surface area contributed by atoms with Gasteiger partial charge in [0.25, 0.3) is 5.91 Å². The highest BCUT2D eigenvalue weighted by Crippen LogP contribution is 2.20. The normalized spacial score (nSPS) is 16.8. The first-order valence-electron chi connectivity index (χ1n) is 6.38. The molecule has 5 nitrogen and oxygen atoms in total. The topological polar surface area (TPSA) is 48.0 Å². The van der Waals surface area contributed by atoms with Crippen LogP contribution in [0.3, 0.4) is 0 Å². The molecule has 5 heteroatoms. The molecule has 0 spiro atoms. The Balaban J connectivity index is 1.95. The third-order valence-corrected chi connectivity index (χ3v) is 3.02. The van der Waals surface area contributed by atoms with Crippen LogP contribution in [-0.2, 0) is 9.53 Å². The molecule has 0 bridgehead atoms. The van der Waals surface area contributed by atoms with Crippen molar-refractivity contribution in [3.05, 3.63) is 24.3 Å². The van der Waals surface area contributed by atoms with E-state index in [0.29, 0.717) is 37.8 Å². The second-order valence-corrected chi connectivity index (χ2v) is 4.38. The van der Waals surface area contributed by atoms with E-state index >= 15 is 0 Å². The number of rotatable bonds is 4. The van der Waals surface area contributed by atoms with E-state index in [2.05, 4.69) is 0 Å². The van der Waals surface area contributed by atoms with Gasteiger partial charge in [0, 0.05) is 19.2 Å². The van der Waals surface area contributed by atoms with E-state index in [1.165, 1.54) is 0 Å². The molecule has 0 aromatic heterocycles. The number of hydrogen-bond acceptors (Lipinski definition) is 4. The van der Waals surface area contributed by atoms with Gasteiger partial charge in [0.2, 0.25) is 0 Å². The van der Waals surface area contributed by atoms with Crippen LogP contribution >= 0.6 is 0 Å². The maximum Gasteiger partial charge on any atom is 0.263 e. The van der Waals surface area contributed by atoms with Crippen molar-refractivity contribution < 1.29 is 19.0 Å². The summed E-state index contributed by atoms with van der Waals surface area (Å²) in [5.74, 6) is 1.34. The standard InChI is InChI=1S/C14H19NO4/c1-11(14(16)15-6-8-18-9-7-15)19-13-5-3-4-12(10-13)17-2/h3-5,10-11H,6-9H2,1-2H3. The summed E-state index contributed by atoms with van der Waals surface area (Å²) in [5.41, 5.74) is 0. The number of amides is 1. The largest absolute Gasteiger partial charge is 0.497 e. The van der Waals surface area contributed by atoms with Gasteiger partial charge in [0.05, 0.1) is 20.3 Å². The molecule has 0 saturated carbocycles. The first-order chi connectivity index (χ1) is 9.20. The molecule has 2 rings (SSSR count). The van der Waals surface area contributed by atoms with Crippen molar-refractivity contribution in [2.75, 3.05) is 33.4 Å². The highest BCUT2D eigenvalue weighted by atomic mass is 16.5. The molecule has 0 N–H and O–H groups in total. The summed E-state index contributed by atoms with van der Waals surface area (Å²) in [6.07, 6.45) is -0.509. The first-order valence-corrected chi connectivity index (χ1v) is 6.38. The molecule has 19 heavy (non-hydrogen) atoms. The zero-order valence-electron chi connectivity index (χ0n) is 11.3. The van der Waals surface area contributed by atoms with Crippen molar-refractivity contribution >= 4 is 5.91 Å². The van der Waals surface area contributed by atoms with E-state index in [9.17, 15) is 4.79 Å². The van der Waals surface area contributed by atoms with Crippen molar-refractivity contribution in [3.8, 4) is 11.5 Å². The molecule has 1 unspecified atom stereocenters. The maximum atomic E-state index is 12.2. The van der Waals surface area contributed by atoms with Crippen molar-refractivity contribution in [3.63, 3.8) is 0 Å². The molecule has 1 amide bonds. The van der Waals surface area contributed by atoms with Crippen LogP contribution in [0, 0.1) is 0 Å². The molecule has 1 aromatic rings. The fraction of sp³-hybridized carbons (Fsp3) is 0.500. The molecule has 0 aliphatic carbocycles. The second kappa shape index (κ2) is 6.43. The van der Waals surface area contributed by atoms with E-state index in [1.807, 2.05) is 18.2 Å². The molecule has 1 heterocycles. The highest BCUT2D eigenvalue weighted by molar-refractivity contribution is 5.81. The predicted octanol–water partition coefficient (Wildman–Crippen LogP) is 1.32. The summed E-state index contributed by atoms with van der Waals surface area (Å²) in [6.45, 7) is 4.21. The third-order valence-electron chi connectivity index (χ3n) is 3.02. The van der Waals surface area contributed by atoms with Gasteiger partial charge in [-0.25, -0.2) is 0 Å². The van der Waals surface area contributed by atoms with Crippen LogP contribution in [0.15, 0.2) is 24.3 Å². The van der Waals surface area contributed by atoms with Gasteiger partial charge in [-0.15, -0.1) is 0 Å². The Morgan fingerprint density at radius 2 is 2.00 bits per heavy atom. The van der Waals surface area contributed by atoms with Gasteiger partial charge in [-0.3, -0.25) is 4.79 Å². The van der Waals surface area contributed by atoms with Crippen molar-refractivity contribution in [1.82, 2.24) is 4.90 Å². The second-order valence-electron chi connectivity index (χ2n) is 4.38. The smallest absolute Gasteiger partial charge is 0.263 e. The number of carbonyl (C=O) groups is 1. The Kier molecular flexibility index (Phi) is 4.63. The molecule has 1 aromatic carbocycles. The molecule has 1 saturated heterocycles. The number of morpholine rings is 1. The SMILES string of the molecule is COc1cccc(OC(C)C(=O)N2CCOCC2)c1. The van der Waals surface area contributed by atoms with E-state index in [4.69, 9.17) is 14.2 Å². The van der Waals surface area contributed by atoms with Gasteiger partial charge >= 0.3 is 0 Å². The molecule has 104 valence electrons. The Hall–Kier alpha value is -1.75. The number of carbonyl (C=O) groups excluding carboxylic acids is 1. The summed E-state index contributed by atoms with van der Waals surface area (Å²) in [7, 11) is 1.60. The third kappa shape index (κ3) is 3.61. The number of ether oxygens (including phenoxy) is 3. The number of nitrogens with zero attached hydrogens (tertiary/aromatic N) is 1. The van der Waals surface area contributed by atoms with Crippen LogP contribution < -0.4 is 9.47 Å². The number of benzene rings is 1. The van der Waals surface area contributed by atoms with Gasteiger partial charge in [0.15, 0.2) is 6.10 Å². The lowest BCUT2D eigenvalue weighted by molar-refractivity contribution is -0.142. The van der Waals surface area contributed by atoms with Gasteiger partial charge in [-0.2, -0.15) is 0 Å². The molecule has 1 atom stereocenters. The Bertz CT molecular complexity index is 429. The van der Waals surface area contributed by atoms with E-state index in [1.54, 1.807) is 25.0 Å². The van der Waals surface area contributed by atoms with Gasteiger partial charge < -0.3 is 19.1 Å². The van der Waals surface area contributed by atoms with Crippen LogP contribution in [0.5, 0.6) is 11.5 Å². The molecule has 1 fully saturated rings. The van der Waals surface area contributed by atoms with Gasteiger partial charge in [-0.1, -0.05) is 6.07 Å². The minimum Gasteiger partial charge on any atom is -0.497 e. The zero-order chi connectivity index (χ0) is 13.7. The molecule has 1 aliphatic heterocycles. The fourth-order valence-electron chi connectivity index (χ4n) is 1.97. The summed E-state index contributed by atoms with van der Waals surface area (Å²) < 4.78 is 16.0. The lowest BCUT2D eigenvalue weighted by Gasteiger charge is -2.29. The molecular weight excluding hydrogens is 246 g/mol. The summed E-state index contributed by atoms with van der Waals surface area (Å²) in [6, 6.07) is 7.25. The maximum absolute atomic E-state index is 12.2. The number of methoxy groups -OCH3 is 1. The van der Waals surface area contributed by atoms with E-state index < -0.39 is 6.10 Å². The minimum atomic E-state index is -0.509. The Morgan fingerprint density at radius 3 is 2.68 bits per heavy atom. The van der Waals surface area contributed by atoms with Crippen molar-refractivity contribution in [2.24, 2.45) is 0 Å². The molecular formula is C14H19NO4. The van der Waals surface area contributed by atoms with Gasteiger partial charge in [0.1, 0.15) is 11.5 Å². The van der Waals surface area contributed by atoms with Crippen LogP contribution in [0.2, 0.25) is 0 Å². The Morgan fingerprint density at radius 1 is 1.32 bits per heavy atom. The Labute approximate surface area is 113 Å². The van der Waals surface area contributed by atoms with E-state index in [0.717, 1.165) is 0 Å². The average Bonchev–Trinajstić information content (AvgIpc) is 2.47. The monoisotopic (exact) mass is 265 g/mol. The summed E-state index contributed by atoms with van der Waals surface area (Å²) in [5, 5.41) is 0. The predicted molar refractivity (Wildman–Crippen MR) is 70.5 cm³/mol. The zero-order valence-corrected chi connectivity index (χ0v) is 11.3. The summed E-state index contributed by atoms with van der Waals surface area (Å²) >= 11 is 0. The molecule has 0 radical (unpaired) electrons. The highest BCUT2D eigenvalue weighted by Gasteiger charge is 2.23. The lowest BCUT2D eigenvalue weighted by atomic mass is 10.3. The quantitative estimate of drug-likeness (QED) is 0.824. The van der Waals surface area contributed by atoms with Gasteiger partial charge in [-0.05, 0) is 19.1 Å². The lowest BCUT2D eigenvalue weighted by Crippen LogP contribution is -2.46. The van der Waals surface area contributed by atoms with Crippen LogP contribution in [0.4, 0.5) is 0 Å². The summed E-state index contributed by atoms with van der Waals surface area (Å²) in [4.78, 5) is 13.9. The van der Waals surface area contributed by atoms with Crippen molar-refractivity contribution in [1.29, 1.82) is 0 Å². The van der Waals surface area contributed by atoms with Crippen LogP contribution in [0.1, 0.15) is 6.92 Å². The average molecular weight is 265 g/mol. The number of hydrogen-bond donors (Lipinski definition) is 0. The van der Waals surface area contributed by atoms with E-state index in [-0.39, 0.29) is 5.91 Å². The van der Waals surface area contributed by atoms with Crippen LogP contribution in [0.25, 0.3) is 0 Å². The molecule has 1 aliphatic rings. The first kappa shape index (κ1) is 13.7.